The van der Waals surface area contributed by atoms with Gasteiger partial charge >= 0.3 is 0 Å². The number of rotatable bonds is 0. The van der Waals surface area contributed by atoms with Crippen LogP contribution in [0.1, 0.15) is 25.0 Å². The molecule has 91 valence electrons. The molecular weight excluding hydrogens is 228 g/mol. The van der Waals surface area contributed by atoms with Crippen molar-refractivity contribution < 1.29 is 0 Å². The largest absolute Gasteiger partial charge is 0.0616 e. The van der Waals surface area contributed by atoms with Crippen LogP contribution in [0.25, 0.3) is 21.9 Å². The van der Waals surface area contributed by atoms with Crippen molar-refractivity contribution in [2.24, 2.45) is 0 Å². The molecule has 1 aliphatic rings. The third-order valence-corrected chi connectivity index (χ3v) is 4.39. The van der Waals surface area contributed by atoms with E-state index >= 15 is 0 Å². The van der Waals surface area contributed by atoms with Crippen LogP contribution in [-0.4, -0.2) is 0 Å². The summed E-state index contributed by atoms with van der Waals surface area (Å²) in [6, 6.07) is 22.8. The van der Waals surface area contributed by atoms with Crippen LogP contribution < -0.4 is 0 Å². The average molecular weight is 243 g/mol. The molecule has 0 aromatic heterocycles. The van der Waals surface area contributed by atoms with Gasteiger partial charge in [0.05, 0.1) is 0 Å². The van der Waals surface area contributed by atoms with Crippen LogP contribution in [-0.2, 0) is 5.41 Å². The molecule has 0 saturated heterocycles. The summed E-state index contributed by atoms with van der Waals surface area (Å²) in [4.78, 5) is 0. The number of fused-ring (bicyclic) bond motifs is 4. The molecule has 0 heterocycles. The maximum atomic E-state index is 3.22. The Bertz CT molecular complexity index is 794. The Hall–Kier alpha value is -2.08. The number of hydrogen-bond acceptors (Lipinski definition) is 0. The van der Waals surface area contributed by atoms with Gasteiger partial charge in [-0.3, -0.25) is 0 Å². The standard InChI is InChI=1S/C19H15/c1-19(2)17-10-6-5-9-15(17)16-11-13-7-3-4-8-14(13)12-18(16)19/h3-4,6-12H,1-2H3. The average Bonchev–Trinajstić information content (AvgIpc) is 2.66. The summed E-state index contributed by atoms with van der Waals surface area (Å²) in [6.07, 6.45) is 0. The van der Waals surface area contributed by atoms with E-state index in [1.807, 2.05) is 6.07 Å². The lowest BCUT2D eigenvalue weighted by Gasteiger charge is -2.21. The summed E-state index contributed by atoms with van der Waals surface area (Å²) >= 11 is 0. The van der Waals surface area contributed by atoms with Gasteiger partial charge in [-0.25, -0.2) is 0 Å². The second-order valence-corrected chi connectivity index (χ2v) is 5.84. The van der Waals surface area contributed by atoms with Gasteiger partial charge in [-0.15, -0.1) is 0 Å². The van der Waals surface area contributed by atoms with Gasteiger partial charge < -0.3 is 0 Å². The van der Waals surface area contributed by atoms with Crippen LogP contribution in [0.5, 0.6) is 0 Å². The van der Waals surface area contributed by atoms with Crippen molar-refractivity contribution in [1.29, 1.82) is 0 Å². The molecule has 0 fully saturated rings. The summed E-state index contributed by atoms with van der Waals surface area (Å²) in [5.41, 5.74) is 5.64. The first-order valence-electron chi connectivity index (χ1n) is 6.72. The normalized spacial score (nSPS) is 15.3. The zero-order chi connectivity index (χ0) is 13.0. The molecule has 0 atom stereocenters. The smallest absolute Gasteiger partial charge is 0.0159 e. The molecule has 1 aliphatic carbocycles. The Morgan fingerprint density at radius 2 is 1.58 bits per heavy atom. The summed E-state index contributed by atoms with van der Waals surface area (Å²) in [5.74, 6) is 0. The minimum atomic E-state index is 0.0871. The molecule has 0 spiro atoms. The molecule has 0 heteroatoms. The topological polar surface area (TPSA) is 0 Å². The first-order chi connectivity index (χ1) is 9.18. The van der Waals surface area contributed by atoms with E-state index in [2.05, 4.69) is 68.4 Å². The Kier molecular flexibility index (Phi) is 1.98. The zero-order valence-corrected chi connectivity index (χ0v) is 11.2. The monoisotopic (exact) mass is 243 g/mol. The van der Waals surface area contributed by atoms with Crippen LogP contribution in [0.2, 0.25) is 0 Å². The molecule has 0 nitrogen and oxygen atoms in total. The predicted molar refractivity (Wildman–Crippen MR) is 80.3 cm³/mol. The molecule has 0 bridgehead atoms. The van der Waals surface area contributed by atoms with Gasteiger partial charge in [0.25, 0.3) is 0 Å². The fraction of sp³-hybridized carbons (Fsp3) is 0.158. The van der Waals surface area contributed by atoms with Crippen molar-refractivity contribution in [1.82, 2.24) is 0 Å². The van der Waals surface area contributed by atoms with E-state index in [-0.39, 0.29) is 5.41 Å². The summed E-state index contributed by atoms with van der Waals surface area (Å²) in [6.45, 7) is 4.62. The Morgan fingerprint density at radius 1 is 0.842 bits per heavy atom. The van der Waals surface area contributed by atoms with E-state index < -0.39 is 0 Å². The first-order valence-corrected chi connectivity index (χ1v) is 6.72. The molecule has 3 aromatic rings. The molecule has 3 aromatic carbocycles. The molecule has 19 heavy (non-hydrogen) atoms. The SMILES string of the molecule is CC1(C)c2cc[c]cc2-c2cc3ccccc3cc21. The summed E-state index contributed by atoms with van der Waals surface area (Å²) < 4.78 is 0. The van der Waals surface area contributed by atoms with E-state index in [0.29, 0.717) is 0 Å². The van der Waals surface area contributed by atoms with Gasteiger partial charge in [0.1, 0.15) is 0 Å². The number of hydrogen-bond donors (Lipinski definition) is 0. The molecule has 4 rings (SSSR count). The van der Waals surface area contributed by atoms with E-state index in [9.17, 15) is 0 Å². The summed E-state index contributed by atoms with van der Waals surface area (Å²) in [5, 5.41) is 2.64. The van der Waals surface area contributed by atoms with Gasteiger partial charge in [-0.05, 0) is 57.3 Å². The van der Waals surface area contributed by atoms with Crippen molar-refractivity contribution in [3.8, 4) is 11.1 Å². The molecule has 0 aliphatic heterocycles. The van der Waals surface area contributed by atoms with Crippen LogP contribution in [0.4, 0.5) is 0 Å². The Balaban J connectivity index is 2.15. The highest BCUT2D eigenvalue weighted by Crippen LogP contribution is 2.49. The lowest BCUT2D eigenvalue weighted by Crippen LogP contribution is -2.14. The maximum absolute atomic E-state index is 3.22. The van der Waals surface area contributed by atoms with Gasteiger partial charge in [-0.2, -0.15) is 0 Å². The van der Waals surface area contributed by atoms with Crippen molar-refractivity contribution in [3.63, 3.8) is 0 Å². The highest BCUT2D eigenvalue weighted by Gasteiger charge is 2.35. The predicted octanol–water partition coefficient (Wildman–Crippen LogP) is 4.95. The van der Waals surface area contributed by atoms with Crippen LogP contribution >= 0.6 is 0 Å². The van der Waals surface area contributed by atoms with Gasteiger partial charge in [-0.1, -0.05) is 50.2 Å². The van der Waals surface area contributed by atoms with Gasteiger partial charge in [0.15, 0.2) is 0 Å². The van der Waals surface area contributed by atoms with Crippen molar-refractivity contribution >= 4 is 10.8 Å². The highest BCUT2D eigenvalue weighted by atomic mass is 14.4. The lowest BCUT2D eigenvalue weighted by molar-refractivity contribution is 0.661. The molecule has 0 N–H and O–H groups in total. The third-order valence-electron chi connectivity index (χ3n) is 4.39. The van der Waals surface area contributed by atoms with E-state index in [1.165, 1.54) is 33.0 Å². The maximum Gasteiger partial charge on any atom is 0.0159 e. The molecule has 0 amide bonds. The molecule has 0 unspecified atom stereocenters. The quantitative estimate of drug-likeness (QED) is 0.524. The van der Waals surface area contributed by atoms with Gasteiger partial charge in [0.2, 0.25) is 0 Å². The van der Waals surface area contributed by atoms with E-state index in [1.54, 1.807) is 0 Å². The van der Waals surface area contributed by atoms with Crippen LogP contribution in [0.15, 0.2) is 54.6 Å². The second kappa shape index (κ2) is 3.48. The van der Waals surface area contributed by atoms with Crippen molar-refractivity contribution in [2.45, 2.75) is 19.3 Å². The van der Waals surface area contributed by atoms with E-state index in [4.69, 9.17) is 0 Å². The minimum absolute atomic E-state index is 0.0871. The zero-order valence-electron chi connectivity index (χ0n) is 11.2. The Labute approximate surface area is 113 Å². The highest BCUT2D eigenvalue weighted by molar-refractivity contribution is 5.93. The van der Waals surface area contributed by atoms with Crippen molar-refractivity contribution in [3.05, 3.63) is 71.8 Å². The fourth-order valence-electron chi connectivity index (χ4n) is 3.32. The van der Waals surface area contributed by atoms with Gasteiger partial charge in [0, 0.05) is 5.41 Å². The third kappa shape index (κ3) is 1.34. The van der Waals surface area contributed by atoms with Crippen molar-refractivity contribution in [2.75, 3.05) is 0 Å². The molecule has 1 radical (unpaired) electrons. The fourth-order valence-corrected chi connectivity index (χ4v) is 3.32. The summed E-state index contributed by atoms with van der Waals surface area (Å²) in [7, 11) is 0. The van der Waals surface area contributed by atoms with Crippen LogP contribution in [0.3, 0.4) is 0 Å². The van der Waals surface area contributed by atoms with Crippen LogP contribution in [0, 0.1) is 6.07 Å². The van der Waals surface area contributed by atoms with E-state index in [0.717, 1.165) is 0 Å². The lowest BCUT2D eigenvalue weighted by atomic mass is 9.82. The number of benzene rings is 3. The first kappa shape index (κ1) is 10.8. The molecule has 0 saturated carbocycles. The minimum Gasteiger partial charge on any atom is -0.0616 e. The Morgan fingerprint density at radius 3 is 2.37 bits per heavy atom. The second-order valence-electron chi connectivity index (χ2n) is 5.84. The molecular formula is C19H15.